The van der Waals surface area contributed by atoms with Crippen molar-refractivity contribution in [2.24, 2.45) is 0 Å². The molecule has 4 nitrogen and oxygen atoms in total. The van der Waals surface area contributed by atoms with Crippen LogP contribution in [0.1, 0.15) is 68.5 Å². The molecule has 0 fully saturated rings. The van der Waals surface area contributed by atoms with Gasteiger partial charge in [0.1, 0.15) is 5.69 Å². The second kappa shape index (κ2) is 5.37. The number of H-pyrrole nitrogens is 1. The summed E-state index contributed by atoms with van der Waals surface area (Å²) in [6, 6.07) is 8.33. The van der Waals surface area contributed by atoms with Crippen molar-refractivity contribution in [3.8, 4) is 0 Å². The normalized spacial score (nSPS) is 19.3. The van der Waals surface area contributed by atoms with Crippen LogP contribution in [0.3, 0.4) is 0 Å². The lowest BCUT2D eigenvalue weighted by Crippen LogP contribution is -2.28. The molecule has 2 N–H and O–H groups in total. The summed E-state index contributed by atoms with van der Waals surface area (Å²) in [7, 11) is 0. The Morgan fingerprint density at radius 2 is 2.04 bits per heavy atom. The summed E-state index contributed by atoms with van der Waals surface area (Å²) in [5.74, 6) is 0.0525. The van der Waals surface area contributed by atoms with Crippen LogP contribution in [0, 0.1) is 6.92 Å². The van der Waals surface area contributed by atoms with Crippen LogP contribution in [0.5, 0.6) is 0 Å². The number of ketones is 1. The van der Waals surface area contributed by atoms with Crippen molar-refractivity contribution < 1.29 is 9.59 Å². The van der Waals surface area contributed by atoms with Crippen molar-refractivity contribution in [1.29, 1.82) is 0 Å². The molecular formula is C19H20N2O2. The smallest absolute Gasteiger partial charge is 0.268 e. The highest BCUT2D eigenvalue weighted by Gasteiger charge is 2.29. The highest BCUT2D eigenvalue weighted by Crippen LogP contribution is 2.32. The lowest BCUT2D eigenvalue weighted by molar-refractivity contribution is 0.0931. The fraction of sp³-hybridized carbons (Fsp3) is 0.368. The van der Waals surface area contributed by atoms with Gasteiger partial charge in [-0.15, -0.1) is 0 Å². The van der Waals surface area contributed by atoms with E-state index >= 15 is 0 Å². The quantitative estimate of drug-likeness (QED) is 0.894. The predicted molar refractivity (Wildman–Crippen MR) is 87.8 cm³/mol. The van der Waals surface area contributed by atoms with Gasteiger partial charge in [0.15, 0.2) is 5.78 Å². The number of carbonyl (C=O) groups is 2. The summed E-state index contributed by atoms with van der Waals surface area (Å²) in [5, 5.41) is 3.13. The number of fused-ring (bicyclic) bond motifs is 2. The van der Waals surface area contributed by atoms with Crippen LogP contribution in [0.25, 0.3) is 0 Å². The summed E-state index contributed by atoms with van der Waals surface area (Å²) >= 11 is 0. The third-order valence-electron chi connectivity index (χ3n) is 5.10. The van der Waals surface area contributed by atoms with E-state index in [1.807, 2.05) is 19.1 Å². The maximum atomic E-state index is 12.7. The molecule has 1 amide bonds. The Morgan fingerprint density at radius 1 is 1.22 bits per heavy atom. The van der Waals surface area contributed by atoms with Crippen molar-refractivity contribution in [2.45, 2.75) is 45.1 Å². The number of amides is 1. The van der Waals surface area contributed by atoms with Gasteiger partial charge in [0, 0.05) is 17.7 Å². The van der Waals surface area contributed by atoms with Gasteiger partial charge in [0.05, 0.1) is 6.04 Å². The van der Waals surface area contributed by atoms with Crippen LogP contribution in [-0.4, -0.2) is 16.7 Å². The van der Waals surface area contributed by atoms with Gasteiger partial charge in [0.25, 0.3) is 5.91 Å². The van der Waals surface area contributed by atoms with Crippen molar-refractivity contribution in [1.82, 2.24) is 10.3 Å². The van der Waals surface area contributed by atoms with Crippen molar-refractivity contribution in [3.63, 3.8) is 0 Å². The van der Waals surface area contributed by atoms with Gasteiger partial charge in [0.2, 0.25) is 0 Å². The zero-order chi connectivity index (χ0) is 16.0. The van der Waals surface area contributed by atoms with Gasteiger partial charge in [-0.1, -0.05) is 24.3 Å². The Hall–Kier alpha value is -2.36. The molecule has 2 aliphatic rings. The predicted octanol–water partition coefficient (Wildman–Crippen LogP) is 3.26. The number of nitrogens with one attached hydrogen (secondary N) is 2. The summed E-state index contributed by atoms with van der Waals surface area (Å²) in [4.78, 5) is 28.0. The number of carbonyl (C=O) groups excluding carboxylic acids is 2. The number of aromatic nitrogens is 1. The minimum absolute atomic E-state index is 0.0640. The van der Waals surface area contributed by atoms with Gasteiger partial charge in [-0.2, -0.15) is 0 Å². The average Bonchev–Trinajstić information content (AvgIpc) is 3.10. The largest absolute Gasteiger partial charge is 0.354 e. The van der Waals surface area contributed by atoms with Crippen LogP contribution in [0.4, 0.5) is 0 Å². The number of hydrogen-bond acceptors (Lipinski definition) is 2. The summed E-state index contributed by atoms with van der Waals surface area (Å²) in [6.45, 7) is 1.87. The first-order valence-corrected chi connectivity index (χ1v) is 8.28. The van der Waals surface area contributed by atoms with E-state index in [1.165, 1.54) is 11.1 Å². The highest BCUT2D eigenvalue weighted by molar-refractivity contribution is 6.04. The molecule has 0 saturated carbocycles. The Kier molecular flexibility index (Phi) is 3.33. The second-order valence-electron chi connectivity index (χ2n) is 6.52. The minimum atomic E-state index is -0.105. The molecule has 4 heteroatoms. The van der Waals surface area contributed by atoms with Crippen LogP contribution < -0.4 is 5.32 Å². The highest BCUT2D eigenvalue weighted by atomic mass is 16.2. The Balaban J connectivity index is 1.60. The zero-order valence-corrected chi connectivity index (χ0v) is 13.2. The molecule has 0 unspecified atom stereocenters. The monoisotopic (exact) mass is 308 g/mol. The van der Waals surface area contributed by atoms with Gasteiger partial charge in [-0.25, -0.2) is 0 Å². The minimum Gasteiger partial charge on any atom is -0.354 e. The molecule has 0 bridgehead atoms. The van der Waals surface area contributed by atoms with Gasteiger partial charge >= 0.3 is 0 Å². The molecule has 2 aromatic rings. The zero-order valence-electron chi connectivity index (χ0n) is 13.2. The molecule has 23 heavy (non-hydrogen) atoms. The third kappa shape index (κ3) is 2.29. The van der Waals surface area contributed by atoms with E-state index in [2.05, 4.69) is 22.4 Å². The molecule has 1 atom stereocenters. The second-order valence-corrected chi connectivity index (χ2v) is 6.52. The van der Waals surface area contributed by atoms with E-state index in [-0.39, 0.29) is 17.7 Å². The Bertz CT molecular complexity index is 804. The maximum absolute atomic E-state index is 12.7. The number of Topliss-reactive ketones (excluding diaryl/α,β-unsaturated/α-hetero) is 1. The summed E-state index contributed by atoms with van der Waals surface area (Å²) < 4.78 is 0. The fourth-order valence-electron chi connectivity index (χ4n) is 3.94. The van der Waals surface area contributed by atoms with Crippen LogP contribution in [0.2, 0.25) is 0 Å². The Morgan fingerprint density at radius 3 is 2.87 bits per heavy atom. The maximum Gasteiger partial charge on any atom is 0.268 e. The van der Waals surface area contributed by atoms with Gasteiger partial charge in [-0.05, 0) is 49.3 Å². The van der Waals surface area contributed by atoms with Crippen molar-refractivity contribution in [2.75, 3.05) is 0 Å². The van der Waals surface area contributed by atoms with Crippen molar-refractivity contribution >= 4 is 11.7 Å². The summed E-state index contributed by atoms with van der Waals surface area (Å²) in [6.07, 6.45) is 4.23. The lowest BCUT2D eigenvalue weighted by atomic mass is 9.94. The number of benzene rings is 1. The van der Waals surface area contributed by atoms with E-state index in [9.17, 15) is 9.59 Å². The molecule has 0 aliphatic heterocycles. The van der Waals surface area contributed by atoms with E-state index in [0.717, 1.165) is 42.5 Å². The van der Waals surface area contributed by atoms with E-state index < -0.39 is 0 Å². The molecule has 1 heterocycles. The van der Waals surface area contributed by atoms with E-state index in [4.69, 9.17) is 0 Å². The molecule has 1 aromatic carbocycles. The van der Waals surface area contributed by atoms with E-state index in [1.54, 1.807) is 0 Å². The first kappa shape index (κ1) is 14.2. The molecular weight excluding hydrogens is 288 g/mol. The average molecular weight is 308 g/mol. The lowest BCUT2D eigenvalue weighted by Gasteiger charge is -2.14. The van der Waals surface area contributed by atoms with Crippen LogP contribution in [-0.2, 0) is 12.8 Å². The molecule has 1 aromatic heterocycles. The Labute approximate surface area is 135 Å². The first-order valence-electron chi connectivity index (χ1n) is 8.28. The van der Waals surface area contributed by atoms with Gasteiger partial charge < -0.3 is 10.3 Å². The summed E-state index contributed by atoms with van der Waals surface area (Å²) in [5.41, 5.74) is 5.55. The molecule has 0 radical (unpaired) electrons. The number of aryl methyl sites for hydroxylation is 2. The molecule has 0 saturated heterocycles. The number of hydrogen-bond donors (Lipinski definition) is 2. The number of aromatic amines is 1. The number of rotatable bonds is 2. The molecule has 2 aliphatic carbocycles. The van der Waals surface area contributed by atoms with Crippen LogP contribution in [0.15, 0.2) is 24.3 Å². The third-order valence-corrected chi connectivity index (χ3v) is 5.10. The van der Waals surface area contributed by atoms with Crippen LogP contribution >= 0.6 is 0 Å². The van der Waals surface area contributed by atoms with E-state index in [0.29, 0.717) is 12.1 Å². The molecule has 0 spiro atoms. The van der Waals surface area contributed by atoms with Gasteiger partial charge in [-0.3, -0.25) is 9.59 Å². The first-order chi connectivity index (χ1) is 11.1. The molecule has 4 rings (SSSR count). The topological polar surface area (TPSA) is 62.0 Å². The SMILES string of the molecule is Cc1c(C(=O)N[C@H]2CCc3ccccc32)[nH]c2c1C(=O)CCC2. The van der Waals surface area contributed by atoms with Crippen molar-refractivity contribution in [3.05, 3.63) is 57.9 Å². The molecule has 118 valence electrons. The standard InChI is InChI=1S/C19H20N2O2/c1-11-17-15(7-4-8-16(17)22)20-18(11)19(23)21-14-10-9-12-5-2-3-6-13(12)14/h2-3,5-6,14,20H,4,7-10H2,1H3,(H,21,23)/t14-/m0/s1. The fourth-order valence-corrected chi connectivity index (χ4v) is 3.94.